The summed E-state index contributed by atoms with van der Waals surface area (Å²) in [5, 5.41) is 3.64. The van der Waals surface area contributed by atoms with Crippen molar-refractivity contribution in [1.82, 2.24) is 10.3 Å². The second kappa shape index (κ2) is 7.21. The first-order valence-electron chi connectivity index (χ1n) is 8.84. The standard InChI is InChI=1S/C20H24N2O3/c1-12(2)13(3)21-18(23)11-25-20(24)19-14-7-4-5-9-16(14)22-17-10-6-8-15(17)19/h4-5,7,9,12-13H,6,8,10-11H2,1-3H3,(H,21,23)/t13-/m0/s1. The lowest BCUT2D eigenvalue weighted by molar-refractivity contribution is -0.125. The maximum absolute atomic E-state index is 12.7. The highest BCUT2D eigenvalue weighted by atomic mass is 16.5. The number of carbonyl (C=O) groups is 2. The molecule has 0 saturated carbocycles. The number of carbonyl (C=O) groups excluding carboxylic acids is 2. The van der Waals surface area contributed by atoms with Crippen molar-refractivity contribution in [3.8, 4) is 0 Å². The average Bonchev–Trinajstić information content (AvgIpc) is 3.05. The summed E-state index contributed by atoms with van der Waals surface area (Å²) in [4.78, 5) is 29.4. The molecular weight excluding hydrogens is 316 g/mol. The zero-order valence-electron chi connectivity index (χ0n) is 15.0. The maximum atomic E-state index is 12.7. The van der Waals surface area contributed by atoms with Crippen LogP contribution < -0.4 is 5.32 Å². The lowest BCUT2D eigenvalue weighted by atomic mass is 10.0. The summed E-state index contributed by atoms with van der Waals surface area (Å²) in [5.41, 5.74) is 3.32. The Morgan fingerprint density at radius 2 is 1.96 bits per heavy atom. The summed E-state index contributed by atoms with van der Waals surface area (Å²) in [5.74, 6) is -0.388. The highest BCUT2D eigenvalue weighted by Crippen LogP contribution is 2.30. The predicted molar refractivity (Wildman–Crippen MR) is 96.5 cm³/mol. The summed E-state index contributed by atoms with van der Waals surface area (Å²) in [6.45, 7) is 5.74. The minimum absolute atomic E-state index is 0.0391. The van der Waals surface area contributed by atoms with Gasteiger partial charge in [0.15, 0.2) is 6.61 Å². The Hall–Kier alpha value is -2.43. The molecule has 2 aromatic rings. The van der Waals surface area contributed by atoms with Crippen LogP contribution in [0.25, 0.3) is 10.9 Å². The Labute approximate surface area is 147 Å². The number of benzene rings is 1. The number of rotatable bonds is 5. The number of ether oxygens (including phenoxy) is 1. The number of amides is 1. The number of para-hydroxylation sites is 1. The molecule has 25 heavy (non-hydrogen) atoms. The zero-order valence-corrected chi connectivity index (χ0v) is 15.0. The van der Waals surface area contributed by atoms with Gasteiger partial charge in [0.25, 0.3) is 5.91 Å². The van der Waals surface area contributed by atoms with Crippen LogP contribution in [0.4, 0.5) is 0 Å². The molecule has 1 aromatic heterocycles. The molecule has 0 saturated heterocycles. The third kappa shape index (κ3) is 3.65. The number of esters is 1. The first-order valence-corrected chi connectivity index (χ1v) is 8.84. The van der Waals surface area contributed by atoms with E-state index in [1.165, 1.54) is 0 Å². The number of aromatic nitrogens is 1. The molecule has 5 nitrogen and oxygen atoms in total. The largest absolute Gasteiger partial charge is 0.452 e. The molecule has 1 N–H and O–H groups in total. The zero-order chi connectivity index (χ0) is 18.0. The number of aryl methyl sites for hydroxylation is 1. The SMILES string of the molecule is CC(C)[C@H](C)NC(=O)COC(=O)c1c2c(nc3ccccc13)CCC2. The highest BCUT2D eigenvalue weighted by molar-refractivity contribution is 6.05. The van der Waals surface area contributed by atoms with E-state index in [-0.39, 0.29) is 18.6 Å². The molecular formula is C20H24N2O3. The first kappa shape index (κ1) is 17.4. The van der Waals surface area contributed by atoms with E-state index in [0.29, 0.717) is 11.5 Å². The Balaban J connectivity index is 1.80. The fourth-order valence-electron chi connectivity index (χ4n) is 3.11. The molecule has 0 unspecified atom stereocenters. The molecule has 3 rings (SSSR count). The Morgan fingerprint density at radius 3 is 2.72 bits per heavy atom. The Kier molecular flexibility index (Phi) is 5.02. The van der Waals surface area contributed by atoms with E-state index in [1.54, 1.807) is 0 Å². The van der Waals surface area contributed by atoms with Crippen molar-refractivity contribution in [3.63, 3.8) is 0 Å². The molecule has 0 aliphatic heterocycles. The minimum atomic E-state index is -0.441. The van der Waals surface area contributed by atoms with E-state index in [1.807, 2.05) is 45.0 Å². The Bertz CT molecular complexity index is 814. The fraction of sp³-hybridized carbons (Fsp3) is 0.450. The summed E-state index contributed by atoms with van der Waals surface area (Å²) < 4.78 is 5.33. The second-order valence-electron chi connectivity index (χ2n) is 6.96. The van der Waals surface area contributed by atoms with Crippen LogP contribution in [-0.2, 0) is 22.4 Å². The molecule has 1 atom stereocenters. The van der Waals surface area contributed by atoms with Crippen molar-refractivity contribution < 1.29 is 14.3 Å². The second-order valence-corrected chi connectivity index (χ2v) is 6.96. The van der Waals surface area contributed by atoms with Crippen LogP contribution in [0.1, 0.15) is 48.8 Å². The van der Waals surface area contributed by atoms with E-state index >= 15 is 0 Å². The average molecular weight is 340 g/mol. The molecule has 1 aliphatic carbocycles. The van der Waals surface area contributed by atoms with Gasteiger partial charge in [-0.15, -0.1) is 0 Å². The van der Waals surface area contributed by atoms with Crippen molar-refractivity contribution in [3.05, 3.63) is 41.1 Å². The van der Waals surface area contributed by atoms with Gasteiger partial charge in [-0.1, -0.05) is 32.0 Å². The molecule has 1 heterocycles. The molecule has 0 radical (unpaired) electrons. The smallest absolute Gasteiger partial charge is 0.339 e. The van der Waals surface area contributed by atoms with E-state index in [2.05, 4.69) is 10.3 Å². The predicted octanol–water partition coefficient (Wildman–Crippen LogP) is 3.04. The lowest BCUT2D eigenvalue weighted by Crippen LogP contribution is -2.38. The van der Waals surface area contributed by atoms with E-state index in [9.17, 15) is 9.59 Å². The number of nitrogens with one attached hydrogen (secondary N) is 1. The monoisotopic (exact) mass is 340 g/mol. The van der Waals surface area contributed by atoms with Crippen molar-refractivity contribution in [2.75, 3.05) is 6.61 Å². The number of hydrogen-bond acceptors (Lipinski definition) is 4. The molecule has 0 bridgehead atoms. The quantitative estimate of drug-likeness (QED) is 0.850. The van der Waals surface area contributed by atoms with Gasteiger partial charge in [-0.2, -0.15) is 0 Å². The third-order valence-corrected chi connectivity index (χ3v) is 4.85. The molecule has 1 aliphatic rings. The third-order valence-electron chi connectivity index (χ3n) is 4.85. The van der Waals surface area contributed by atoms with E-state index in [4.69, 9.17) is 4.74 Å². The van der Waals surface area contributed by atoms with Crippen molar-refractivity contribution >= 4 is 22.8 Å². The van der Waals surface area contributed by atoms with E-state index < -0.39 is 5.97 Å². The topological polar surface area (TPSA) is 68.3 Å². The normalized spacial score (nSPS) is 14.4. The van der Waals surface area contributed by atoms with Crippen molar-refractivity contribution in [2.45, 2.75) is 46.1 Å². The maximum Gasteiger partial charge on any atom is 0.339 e. The minimum Gasteiger partial charge on any atom is -0.452 e. The van der Waals surface area contributed by atoms with Gasteiger partial charge < -0.3 is 10.1 Å². The van der Waals surface area contributed by atoms with Crippen LogP contribution in [0.5, 0.6) is 0 Å². The first-order chi connectivity index (χ1) is 12.0. The fourth-order valence-corrected chi connectivity index (χ4v) is 3.11. The van der Waals surface area contributed by atoms with Crippen molar-refractivity contribution in [2.24, 2.45) is 5.92 Å². The lowest BCUT2D eigenvalue weighted by Gasteiger charge is -2.17. The van der Waals surface area contributed by atoms with Gasteiger partial charge in [0.2, 0.25) is 0 Å². The number of nitrogens with zero attached hydrogens (tertiary/aromatic N) is 1. The van der Waals surface area contributed by atoms with Crippen LogP contribution in [-0.4, -0.2) is 29.5 Å². The molecule has 132 valence electrons. The van der Waals surface area contributed by atoms with E-state index in [0.717, 1.165) is 41.4 Å². The van der Waals surface area contributed by atoms with Gasteiger partial charge >= 0.3 is 5.97 Å². The van der Waals surface area contributed by atoms with Gasteiger partial charge in [-0.25, -0.2) is 4.79 Å². The van der Waals surface area contributed by atoms with Crippen LogP contribution in [0.3, 0.4) is 0 Å². The molecule has 5 heteroatoms. The Morgan fingerprint density at radius 1 is 1.20 bits per heavy atom. The summed E-state index contributed by atoms with van der Waals surface area (Å²) in [6, 6.07) is 7.63. The van der Waals surface area contributed by atoms with Crippen LogP contribution in [0.15, 0.2) is 24.3 Å². The van der Waals surface area contributed by atoms with Gasteiger partial charge in [-0.3, -0.25) is 9.78 Å². The molecule has 0 spiro atoms. The van der Waals surface area contributed by atoms with Gasteiger partial charge in [0.1, 0.15) is 0 Å². The molecule has 0 fully saturated rings. The van der Waals surface area contributed by atoms with Crippen LogP contribution in [0.2, 0.25) is 0 Å². The summed E-state index contributed by atoms with van der Waals surface area (Å²) >= 11 is 0. The highest BCUT2D eigenvalue weighted by Gasteiger charge is 2.25. The summed E-state index contributed by atoms with van der Waals surface area (Å²) in [6.07, 6.45) is 2.70. The van der Waals surface area contributed by atoms with Crippen LogP contribution >= 0.6 is 0 Å². The molecule has 1 amide bonds. The van der Waals surface area contributed by atoms with Crippen LogP contribution in [0, 0.1) is 5.92 Å². The number of pyridine rings is 1. The number of fused-ring (bicyclic) bond motifs is 2. The van der Waals surface area contributed by atoms with Gasteiger partial charge in [0, 0.05) is 17.1 Å². The number of hydrogen-bond donors (Lipinski definition) is 1. The van der Waals surface area contributed by atoms with Gasteiger partial charge in [0.05, 0.1) is 11.1 Å². The summed E-state index contributed by atoms with van der Waals surface area (Å²) in [7, 11) is 0. The van der Waals surface area contributed by atoms with Gasteiger partial charge in [-0.05, 0) is 43.7 Å². The molecule has 1 aromatic carbocycles. The van der Waals surface area contributed by atoms with Crippen molar-refractivity contribution in [1.29, 1.82) is 0 Å².